The summed E-state index contributed by atoms with van der Waals surface area (Å²) in [6.07, 6.45) is 0. The van der Waals surface area contributed by atoms with Crippen molar-refractivity contribution in [1.29, 1.82) is 0 Å². The summed E-state index contributed by atoms with van der Waals surface area (Å²) in [6.45, 7) is 1.52. The molecule has 0 heterocycles. The maximum absolute atomic E-state index is 13.2. The highest BCUT2D eigenvalue weighted by Crippen LogP contribution is 2.19. The van der Waals surface area contributed by atoms with E-state index in [-0.39, 0.29) is 5.69 Å². The molecule has 1 rings (SSSR count). The van der Waals surface area contributed by atoms with Crippen LogP contribution >= 0.6 is 0 Å². The maximum atomic E-state index is 13.2. The van der Waals surface area contributed by atoms with Crippen LogP contribution in [0.15, 0.2) is 18.2 Å². The Bertz CT molecular complexity index is 492. The second-order valence-electron chi connectivity index (χ2n) is 3.19. The first-order valence-electron chi connectivity index (χ1n) is 4.29. The summed E-state index contributed by atoms with van der Waals surface area (Å²) in [6, 6.07) is 4.03. The van der Waals surface area contributed by atoms with Crippen molar-refractivity contribution in [2.45, 2.75) is 6.92 Å². The normalized spacial score (nSPS) is 11.1. The minimum atomic E-state index is -4.07. The van der Waals surface area contributed by atoms with E-state index in [1.807, 2.05) is 4.72 Å². The minimum Gasteiger partial charge on any atom is -0.480 e. The van der Waals surface area contributed by atoms with Gasteiger partial charge in [0, 0.05) is 0 Å². The van der Waals surface area contributed by atoms with Crippen LogP contribution in [0.25, 0.3) is 0 Å². The number of aryl methyl sites for hydroxylation is 1. The van der Waals surface area contributed by atoms with Gasteiger partial charge in [0.25, 0.3) is 0 Å². The molecule has 0 fully saturated rings. The van der Waals surface area contributed by atoms with Gasteiger partial charge in [-0.2, -0.15) is 0 Å². The van der Waals surface area contributed by atoms with Crippen molar-refractivity contribution in [2.75, 3.05) is 10.5 Å². The molecular weight excluding hydrogens is 237 g/mol. The molecule has 0 spiro atoms. The number of aliphatic carboxylic acids is 1. The van der Waals surface area contributed by atoms with Crippen molar-refractivity contribution >= 4 is 21.7 Å². The highest BCUT2D eigenvalue weighted by molar-refractivity contribution is 7.93. The van der Waals surface area contributed by atoms with E-state index in [4.69, 9.17) is 5.11 Å². The topological polar surface area (TPSA) is 83.5 Å². The number of hydrogen-bond acceptors (Lipinski definition) is 3. The van der Waals surface area contributed by atoms with Crippen LogP contribution in [0, 0.1) is 12.7 Å². The Morgan fingerprint density at radius 3 is 2.62 bits per heavy atom. The van der Waals surface area contributed by atoms with E-state index in [0.29, 0.717) is 5.56 Å². The molecule has 5 nitrogen and oxygen atoms in total. The zero-order valence-electron chi connectivity index (χ0n) is 8.40. The van der Waals surface area contributed by atoms with E-state index in [0.717, 1.165) is 6.07 Å². The highest BCUT2D eigenvalue weighted by Gasteiger charge is 2.18. The number of anilines is 1. The van der Waals surface area contributed by atoms with Gasteiger partial charge < -0.3 is 5.11 Å². The van der Waals surface area contributed by atoms with E-state index in [1.165, 1.54) is 19.1 Å². The Balaban J connectivity index is 3.01. The van der Waals surface area contributed by atoms with Crippen molar-refractivity contribution in [3.63, 3.8) is 0 Å². The second-order valence-corrected chi connectivity index (χ2v) is 4.91. The largest absolute Gasteiger partial charge is 0.480 e. The van der Waals surface area contributed by atoms with Gasteiger partial charge in [-0.1, -0.05) is 12.1 Å². The molecule has 0 saturated carbocycles. The number of benzene rings is 1. The third-order valence-electron chi connectivity index (χ3n) is 1.79. The fraction of sp³-hybridized carbons (Fsp3) is 0.222. The first kappa shape index (κ1) is 12.4. The van der Waals surface area contributed by atoms with Crippen LogP contribution in [-0.4, -0.2) is 25.2 Å². The first-order valence-corrected chi connectivity index (χ1v) is 5.94. The molecule has 0 aliphatic carbocycles. The zero-order valence-corrected chi connectivity index (χ0v) is 9.21. The lowest BCUT2D eigenvalue weighted by molar-refractivity contribution is -0.134. The Labute approximate surface area is 92.0 Å². The summed E-state index contributed by atoms with van der Waals surface area (Å²) < 4.78 is 37.7. The average molecular weight is 247 g/mol. The zero-order chi connectivity index (χ0) is 12.3. The molecule has 1 aromatic rings. The summed E-state index contributed by atoms with van der Waals surface area (Å²) in [5.74, 6) is -3.34. The number of rotatable bonds is 4. The molecule has 88 valence electrons. The standard InChI is InChI=1S/C9H10FNO4S/c1-6-3-2-4-7(10)9(6)11-16(14,15)5-8(12)13/h2-4,11H,5H2,1H3,(H,12,13). The molecule has 1 aromatic carbocycles. The summed E-state index contributed by atoms with van der Waals surface area (Å²) in [7, 11) is -4.07. The van der Waals surface area contributed by atoms with Gasteiger partial charge in [0.15, 0.2) is 5.75 Å². The number of hydrogen-bond donors (Lipinski definition) is 2. The van der Waals surface area contributed by atoms with Gasteiger partial charge in [0.05, 0.1) is 5.69 Å². The minimum absolute atomic E-state index is 0.219. The van der Waals surface area contributed by atoms with Crippen LogP contribution in [0.5, 0.6) is 0 Å². The Morgan fingerprint density at radius 1 is 1.50 bits per heavy atom. The van der Waals surface area contributed by atoms with E-state index in [1.54, 1.807) is 0 Å². The number of carbonyl (C=O) groups is 1. The second kappa shape index (κ2) is 4.48. The molecule has 0 radical (unpaired) electrons. The lowest BCUT2D eigenvalue weighted by Gasteiger charge is -2.09. The first-order chi connectivity index (χ1) is 7.32. The van der Waals surface area contributed by atoms with Gasteiger partial charge in [-0.15, -0.1) is 0 Å². The molecule has 0 atom stereocenters. The summed E-state index contributed by atoms with van der Waals surface area (Å²) in [4.78, 5) is 10.3. The van der Waals surface area contributed by atoms with E-state index in [9.17, 15) is 17.6 Å². The van der Waals surface area contributed by atoms with Crippen molar-refractivity contribution in [3.8, 4) is 0 Å². The molecule has 0 aliphatic heterocycles. The molecule has 0 bridgehead atoms. The Hall–Kier alpha value is -1.63. The third-order valence-corrected chi connectivity index (χ3v) is 2.94. The van der Waals surface area contributed by atoms with Gasteiger partial charge in [0.1, 0.15) is 5.82 Å². The summed E-state index contributed by atoms with van der Waals surface area (Å²) >= 11 is 0. The van der Waals surface area contributed by atoms with Gasteiger partial charge in [0.2, 0.25) is 10.0 Å². The molecule has 7 heteroatoms. The SMILES string of the molecule is Cc1cccc(F)c1NS(=O)(=O)CC(=O)O. The molecule has 0 amide bonds. The lowest BCUT2D eigenvalue weighted by atomic mass is 10.2. The molecule has 0 saturated heterocycles. The van der Waals surface area contributed by atoms with Gasteiger partial charge in [-0.3, -0.25) is 9.52 Å². The maximum Gasteiger partial charge on any atom is 0.320 e. The number of carboxylic acids is 1. The van der Waals surface area contributed by atoms with Crippen molar-refractivity contribution in [3.05, 3.63) is 29.6 Å². The van der Waals surface area contributed by atoms with Crippen LogP contribution in [0.3, 0.4) is 0 Å². The highest BCUT2D eigenvalue weighted by atomic mass is 32.2. The van der Waals surface area contributed by atoms with Crippen molar-refractivity contribution in [1.82, 2.24) is 0 Å². The van der Waals surface area contributed by atoms with Gasteiger partial charge in [-0.05, 0) is 18.6 Å². The molecule has 0 aromatic heterocycles. The summed E-state index contributed by atoms with van der Waals surface area (Å²) in [5.41, 5.74) is 0.165. The van der Waals surface area contributed by atoms with Crippen LogP contribution in [0.1, 0.15) is 5.56 Å². The van der Waals surface area contributed by atoms with E-state index < -0.39 is 27.6 Å². The van der Waals surface area contributed by atoms with Crippen LogP contribution in [0.2, 0.25) is 0 Å². The molecule has 16 heavy (non-hydrogen) atoms. The number of sulfonamides is 1. The fourth-order valence-corrected chi connectivity index (χ4v) is 2.08. The lowest BCUT2D eigenvalue weighted by Crippen LogP contribution is -2.23. The molecule has 0 unspecified atom stereocenters. The number of nitrogens with one attached hydrogen (secondary N) is 1. The predicted octanol–water partition coefficient (Wildman–Crippen LogP) is 0.960. The predicted molar refractivity (Wildman–Crippen MR) is 56.2 cm³/mol. The quantitative estimate of drug-likeness (QED) is 0.830. The number of halogens is 1. The smallest absolute Gasteiger partial charge is 0.320 e. The molecular formula is C9H10FNO4S. The molecule has 2 N–H and O–H groups in total. The fourth-order valence-electron chi connectivity index (χ4n) is 1.12. The van der Waals surface area contributed by atoms with Crippen LogP contribution < -0.4 is 4.72 Å². The molecule has 0 aliphatic rings. The monoisotopic (exact) mass is 247 g/mol. The van der Waals surface area contributed by atoms with Crippen molar-refractivity contribution < 1.29 is 22.7 Å². The average Bonchev–Trinajstić information content (AvgIpc) is 2.09. The Kier molecular flexibility index (Phi) is 3.48. The van der Waals surface area contributed by atoms with Crippen molar-refractivity contribution in [2.24, 2.45) is 0 Å². The Morgan fingerprint density at radius 2 is 2.12 bits per heavy atom. The van der Waals surface area contributed by atoms with Gasteiger partial charge in [-0.25, -0.2) is 12.8 Å². The van der Waals surface area contributed by atoms with E-state index >= 15 is 0 Å². The van der Waals surface area contributed by atoms with E-state index in [2.05, 4.69) is 0 Å². The number of carboxylic acid groups (broad SMARTS) is 1. The number of para-hydroxylation sites is 1. The van der Waals surface area contributed by atoms with Gasteiger partial charge >= 0.3 is 5.97 Å². The van der Waals surface area contributed by atoms with Crippen LogP contribution in [-0.2, 0) is 14.8 Å². The summed E-state index contributed by atoms with van der Waals surface area (Å²) in [5, 5.41) is 8.35. The third kappa shape index (κ3) is 3.20. The van der Waals surface area contributed by atoms with Crippen LogP contribution in [0.4, 0.5) is 10.1 Å².